The lowest BCUT2D eigenvalue weighted by atomic mass is 10.1. The normalized spacial score (nSPS) is 15.7. The summed E-state index contributed by atoms with van der Waals surface area (Å²) < 4.78 is 31.7. The highest BCUT2D eigenvalue weighted by molar-refractivity contribution is 7.89. The smallest absolute Gasteiger partial charge is 0.243 e. The summed E-state index contributed by atoms with van der Waals surface area (Å²) in [6.45, 7) is 3.79. The lowest BCUT2D eigenvalue weighted by Crippen LogP contribution is -2.35. The van der Waals surface area contributed by atoms with Crippen LogP contribution in [-0.4, -0.2) is 65.1 Å². The summed E-state index contributed by atoms with van der Waals surface area (Å²) in [6.07, 6.45) is 3.15. The van der Waals surface area contributed by atoms with Crippen LogP contribution in [0.25, 0.3) is 0 Å². The maximum absolute atomic E-state index is 12.6. The largest absolute Gasteiger partial charge is 0.383 e. The van der Waals surface area contributed by atoms with E-state index in [1.165, 1.54) is 0 Å². The van der Waals surface area contributed by atoms with Crippen LogP contribution in [0.1, 0.15) is 24.8 Å². The molecule has 0 unspecified atom stereocenters. The molecule has 0 spiro atoms. The number of hydrogen-bond acceptors (Lipinski definition) is 5. The summed E-state index contributed by atoms with van der Waals surface area (Å²) in [5, 5.41) is 5.99. The Hall–Kier alpha value is -1.48. The first-order chi connectivity index (χ1) is 12.5. The van der Waals surface area contributed by atoms with Gasteiger partial charge in [-0.15, -0.1) is 0 Å². The van der Waals surface area contributed by atoms with Gasteiger partial charge in [-0.1, -0.05) is 18.6 Å². The summed E-state index contributed by atoms with van der Waals surface area (Å²) in [4.78, 5) is 12.2. The van der Waals surface area contributed by atoms with Gasteiger partial charge < -0.3 is 15.4 Å². The lowest BCUT2D eigenvalue weighted by molar-refractivity contribution is -0.120. The van der Waals surface area contributed by atoms with Crippen LogP contribution in [0.4, 0.5) is 0 Å². The molecule has 1 aromatic rings. The molecule has 0 bridgehead atoms. The average molecular weight is 384 g/mol. The molecule has 0 saturated carbocycles. The van der Waals surface area contributed by atoms with Gasteiger partial charge in [0.15, 0.2) is 0 Å². The van der Waals surface area contributed by atoms with Crippen LogP contribution >= 0.6 is 0 Å². The predicted octanol–water partition coefficient (Wildman–Crippen LogP) is 0.756. The fourth-order valence-electron chi connectivity index (χ4n) is 2.87. The predicted molar refractivity (Wildman–Crippen MR) is 101 cm³/mol. The molecule has 8 heteroatoms. The fourth-order valence-corrected chi connectivity index (χ4v) is 4.39. The van der Waals surface area contributed by atoms with E-state index in [1.807, 2.05) is 0 Å². The number of rotatable bonds is 10. The van der Waals surface area contributed by atoms with Crippen LogP contribution in [0.5, 0.6) is 0 Å². The number of nitrogens with zero attached hydrogens (tertiary/aromatic N) is 1. The zero-order valence-electron chi connectivity index (χ0n) is 15.4. The van der Waals surface area contributed by atoms with Crippen molar-refractivity contribution in [3.63, 3.8) is 0 Å². The molecule has 0 radical (unpaired) electrons. The molecule has 7 nitrogen and oxygen atoms in total. The van der Waals surface area contributed by atoms with Gasteiger partial charge in [-0.2, -0.15) is 4.31 Å². The van der Waals surface area contributed by atoms with Gasteiger partial charge in [0.1, 0.15) is 0 Å². The minimum Gasteiger partial charge on any atom is -0.383 e. The Morgan fingerprint density at radius 3 is 2.42 bits per heavy atom. The standard InChI is InChI=1S/C18H29N3O4S/c1-25-14-11-19-9-10-20-18(22)15-16-5-7-17(8-6-16)26(23,24)21-12-3-2-4-13-21/h5-8,19H,2-4,9-15H2,1H3,(H,20,22). The van der Waals surface area contributed by atoms with Crippen molar-refractivity contribution in [3.8, 4) is 0 Å². The zero-order valence-corrected chi connectivity index (χ0v) is 16.2. The second-order valence-electron chi connectivity index (χ2n) is 6.38. The monoisotopic (exact) mass is 383 g/mol. The Morgan fingerprint density at radius 2 is 1.77 bits per heavy atom. The number of methoxy groups -OCH3 is 1. The third-order valence-electron chi connectivity index (χ3n) is 4.35. The van der Waals surface area contributed by atoms with E-state index in [1.54, 1.807) is 35.7 Å². The summed E-state index contributed by atoms with van der Waals surface area (Å²) in [5.74, 6) is -0.0785. The molecule has 0 aromatic heterocycles. The highest BCUT2D eigenvalue weighted by Gasteiger charge is 2.25. The van der Waals surface area contributed by atoms with Gasteiger partial charge >= 0.3 is 0 Å². The highest BCUT2D eigenvalue weighted by Crippen LogP contribution is 2.20. The Morgan fingerprint density at radius 1 is 1.08 bits per heavy atom. The van der Waals surface area contributed by atoms with Crippen molar-refractivity contribution in [2.45, 2.75) is 30.6 Å². The van der Waals surface area contributed by atoms with Gasteiger partial charge in [-0.25, -0.2) is 8.42 Å². The zero-order chi connectivity index (χ0) is 18.8. The van der Waals surface area contributed by atoms with Crippen molar-refractivity contribution in [1.29, 1.82) is 0 Å². The van der Waals surface area contributed by atoms with Gasteiger partial charge in [-0.05, 0) is 30.5 Å². The van der Waals surface area contributed by atoms with Crippen molar-refractivity contribution < 1.29 is 17.9 Å². The molecule has 1 heterocycles. The van der Waals surface area contributed by atoms with Gasteiger partial charge in [0.25, 0.3) is 0 Å². The first-order valence-electron chi connectivity index (χ1n) is 9.09. The maximum Gasteiger partial charge on any atom is 0.243 e. The van der Waals surface area contributed by atoms with E-state index in [0.29, 0.717) is 37.7 Å². The van der Waals surface area contributed by atoms with E-state index in [0.717, 1.165) is 31.4 Å². The molecule has 1 aliphatic rings. The number of amides is 1. The lowest BCUT2D eigenvalue weighted by Gasteiger charge is -2.25. The summed E-state index contributed by atoms with van der Waals surface area (Å²) in [7, 11) is -1.77. The maximum atomic E-state index is 12.6. The molecule has 1 amide bonds. The van der Waals surface area contributed by atoms with Crippen LogP contribution < -0.4 is 10.6 Å². The topological polar surface area (TPSA) is 87.7 Å². The van der Waals surface area contributed by atoms with Gasteiger partial charge in [0.05, 0.1) is 17.9 Å². The average Bonchev–Trinajstić information content (AvgIpc) is 2.66. The number of nitrogens with one attached hydrogen (secondary N) is 2. The third-order valence-corrected chi connectivity index (χ3v) is 6.26. The van der Waals surface area contributed by atoms with Crippen LogP contribution in [0.3, 0.4) is 0 Å². The van der Waals surface area contributed by atoms with Crippen LogP contribution in [0.15, 0.2) is 29.2 Å². The van der Waals surface area contributed by atoms with Gasteiger partial charge in [-0.3, -0.25) is 4.79 Å². The summed E-state index contributed by atoms with van der Waals surface area (Å²) in [6, 6.07) is 6.62. The second-order valence-corrected chi connectivity index (χ2v) is 8.32. The van der Waals surface area contributed by atoms with Crippen molar-refractivity contribution in [2.24, 2.45) is 0 Å². The fraction of sp³-hybridized carbons (Fsp3) is 0.611. The van der Waals surface area contributed by atoms with E-state index < -0.39 is 10.0 Å². The van der Waals surface area contributed by atoms with E-state index >= 15 is 0 Å². The van der Waals surface area contributed by atoms with Gasteiger partial charge in [0.2, 0.25) is 15.9 Å². The second kappa shape index (κ2) is 10.6. The van der Waals surface area contributed by atoms with E-state index in [-0.39, 0.29) is 12.3 Å². The number of carbonyl (C=O) groups is 1. The molecule has 1 aliphatic heterocycles. The molecule has 0 atom stereocenters. The molecule has 1 saturated heterocycles. The van der Waals surface area contributed by atoms with Crippen molar-refractivity contribution in [3.05, 3.63) is 29.8 Å². The molecule has 2 rings (SSSR count). The first kappa shape index (κ1) is 20.8. The third kappa shape index (κ3) is 6.35. The molecule has 2 N–H and O–H groups in total. The number of piperidine rings is 1. The Kier molecular flexibility index (Phi) is 8.50. The van der Waals surface area contributed by atoms with Crippen LogP contribution in [0, 0.1) is 0 Å². The minimum absolute atomic E-state index is 0.0785. The SMILES string of the molecule is COCCNCCNC(=O)Cc1ccc(S(=O)(=O)N2CCCCC2)cc1. The Bertz CT molecular complexity index is 656. The number of carbonyl (C=O) groups excluding carboxylic acids is 1. The summed E-state index contributed by atoms with van der Waals surface area (Å²) >= 11 is 0. The minimum atomic E-state index is -3.42. The molecule has 26 heavy (non-hydrogen) atoms. The van der Waals surface area contributed by atoms with Crippen molar-refractivity contribution >= 4 is 15.9 Å². The summed E-state index contributed by atoms with van der Waals surface area (Å²) in [5.41, 5.74) is 0.799. The van der Waals surface area contributed by atoms with Crippen molar-refractivity contribution in [1.82, 2.24) is 14.9 Å². The quantitative estimate of drug-likeness (QED) is 0.583. The molecule has 0 aliphatic carbocycles. The van der Waals surface area contributed by atoms with Crippen LogP contribution in [0.2, 0.25) is 0 Å². The number of sulfonamides is 1. The molecular formula is C18H29N3O4S. The highest BCUT2D eigenvalue weighted by atomic mass is 32.2. The van der Waals surface area contributed by atoms with Crippen LogP contribution in [-0.2, 0) is 26.0 Å². The molecule has 1 aromatic carbocycles. The molecule has 1 fully saturated rings. The Labute approximate surface area is 156 Å². The van der Waals surface area contributed by atoms with E-state index in [9.17, 15) is 13.2 Å². The number of hydrogen-bond donors (Lipinski definition) is 2. The number of benzene rings is 1. The Balaban J connectivity index is 1.80. The van der Waals surface area contributed by atoms with Crippen molar-refractivity contribution in [2.75, 3.05) is 46.4 Å². The van der Waals surface area contributed by atoms with Gasteiger partial charge in [0, 0.05) is 39.8 Å². The van der Waals surface area contributed by atoms with E-state index in [2.05, 4.69) is 10.6 Å². The number of ether oxygens (including phenoxy) is 1. The van der Waals surface area contributed by atoms with E-state index in [4.69, 9.17) is 4.74 Å². The molecular weight excluding hydrogens is 354 g/mol. The molecule has 146 valence electrons. The first-order valence-corrected chi connectivity index (χ1v) is 10.5.